The van der Waals surface area contributed by atoms with E-state index in [4.69, 9.17) is 10.2 Å². The van der Waals surface area contributed by atoms with Gasteiger partial charge in [0.05, 0.1) is 7.11 Å². The van der Waals surface area contributed by atoms with Crippen LogP contribution in [-0.2, 0) is 14.8 Å². The minimum atomic E-state index is -3.90. The third kappa shape index (κ3) is 3.20. The third-order valence-electron chi connectivity index (χ3n) is 2.96. The summed E-state index contributed by atoms with van der Waals surface area (Å²) >= 11 is 0. The fraction of sp³-hybridized carbons (Fsp3) is 0.583. The molecule has 1 atom stereocenters. The normalized spacial score (nSPS) is 13.2. The van der Waals surface area contributed by atoms with Crippen molar-refractivity contribution in [2.45, 2.75) is 38.1 Å². The molecule has 1 unspecified atom stereocenters. The maximum Gasteiger partial charge on any atom is 0.342 e. The van der Waals surface area contributed by atoms with Crippen molar-refractivity contribution >= 4 is 16.0 Å². The molecule has 3 N–H and O–H groups in total. The number of esters is 1. The number of nitrogens with one attached hydrogen (secondary N) is 1. The molecule has 0 fully saturated rings. The summed E-state index contributed by atoms with van der Waals surface area (Å²) in [7, 11) is -2.72. The zero-order chi connectivity index (χ0) is 15.5. The van der Waals surface area contributed by atoms with Gasteiger partial charge in [0.2, 0.25) is 10.0 Å². The van der Waals surface area contributed by atoms with Gasteiger partial charge in [-0.05, 0) is 20.3 Å². The highest BCUT2D eigenvalue weighted by atomic mass is 32.2. The van der Waals surface area contributed by atoms with Crippen molar-refractivity contribution in [2.75, 3.05) is 13.7 Å². The Morgan fingerprint density at radius 3 is 2.45 bits per heavy atom. The number of aryl methyl sites for hydroxylation is 2. The Morgan fingerprint density at radius 2 is 2.00 bits per heavy atom. The summed E-state index contributed by atoms with van der Waals surface area (Å²) in [4.78, 5) is 11.6. The summed E-state index contributed by atoms with van der Waals surface area (Å²) in [6, 6.07) is -0.403. The number of furan rings is 1. The van der Waals surface area contributed by atoms with Crippen LogP contribution in [0.5, 0.6) is 0 Å². The van der Waals surface area contributed by atoms with Gasteiger partial charge in [0.1, 0.15) is 22.0 Å². The number of carbonyl (C=O) groups is 1. The highest BCUT2D eigenvalue weighted by Crippen LogP contribution is 2.27. The number of methoxy groups -OCH3 is 1. The molecule has 0 aromatic carbocycles. The van der Waals surface area contributed by atoms with Gasteiger partial charge < -0.3 is 14.9 Å². The molecule has 8 heteroatoms. The van der Waals surface area contributed by atoms with E-state index in [0.717, 1.165) is 0 Å². The Kier molecular flexibility index (Phi) is 5.32. The van der Waals surface area contributed by atoms with Gasteiger partial charge in [-0.2, -0.15) is 0 Å². The second kappa shape index (κ2) is 6.38. The summed E-state index contributed by atoms with van der Waals surface area (Å²) in [5.41, 5.74) is 5.41. The molecule has 0 aliphatic rings. The molecular formula is C12H20N2O5S. The molecule has 1 aromatic rings. The van der Waals surface area contributed by atoms with Crippen LogP contribution in [-0.4, -0.2) is 34.1 Å². The second-order valence-corrected chi connectivity index (χ2v) is 6.02. The fourth-order valence-electron chi connectivity index (χ4n) is 1.90. The molecule has 0 aliphatic carbocycles. The van der Waals surface area contributed by atoms with Gasteiger partial charge >= 0.3 is 5.97 Å². The van der Waals surface area contributed by atoms with E-state index < -0.39 is 22.0 Å². The van der Waals surface area contributed by atoms with Crippen molar-refractivity contribution in [3.63, 3.8) is 0 Å². The minimum absolute atomic E-state index is 0.0793. The number of carbonyl (C=O) groups excluding carboxylic acids is 1. The number of nitrogens with two attached hydrogens (primary N) is 1. The molecule has 0 spiro atoms. The predicted molar refractivity (Wildman–Crippen MR) is 73.0 cm³/mol. The molecule has 20 heavy (non-hydrogen) atoms. The lowest BCUT2D eigenvalue weighted by molar-refractivity contribution is 0.0595. The van der Waals surface area contributed by atoms with Gasteiger partial charge in [-0.3, -0.25) is 0 Å². The Labute approximate surface area is 118 Å². The molecule has 1 heterocycles. The summed E-state index contributed by atoms with van der Waals surface area (Å²) in [6.07, 6.45) is 0.541. The van der Waals surface area contributed by atoms with E-state index in [2.05, 4.69) is 9.46 Å². The molecule has 0 aliphatic heterocycles. The van der Waals surface area contributed by atoms with Crippen LogP contribution in [0.25, 0.3) is 0 Å². The SMILES string of the molecule is CCC(CN)NS(=O)(=O)c1c(C)oc(C)c1C(=O)OC. The maximum atomic E-state index is 12.4. The number of sulfonamides is 1. The van der Waals surface area contributed by atoms with Crippen LogP contribution in [0.2, 0.25) is 0 Å². The largest absolute Gasteiger partial charge is 0.465 e. The Balaban J connectivity index is 3.35. The van der Waals surface area contributed by atoms with E-state index >= 15 is 0 Å². The minimum Gasteiger partial charge on any atom is -0.465 e. The van der Waals surface area contributed by atoms with Crippen molar-refractivity contribution in [2.24, 2.45) is 5.73 Å². The van der Waals surface area contributed by atoms with Crippen molar-refractivity contribution in [3.05, 3.63) is 17.1 Å². The van der Waals surface area contributed by atoms with Crippen molar-refractivity contribution in [1.82, 2.24) is 4.72 Å². The summed E-state index contributed by atoms with van der Waals surface area (Å²) < 4.78 is 37.1. The van der Waals surface area contributed by atoms with Gasteiger partial charge in [-0.1, -0.05) is 6.92 Å². The average molecular weight is 304 g/mol. The van der Waals surface area contributed by atoms with Gasteiger partial charge in [0.15, 0.2) is 0 Å². The third-order valence-corrected chi connectivity index (χ3v) is 4.64. The molecule has 1 rings (SSSR count). The van der Waals surface area contributed by atoms with Crippen LogP contribution in [0, 0.1) is 13.8 Å². The molecule has 7 nitrogen and oxygen atoms in total. The molecular weight excluding hydrogens is 284 g/mol. The van der Waals surface area contributed by atoms with Crippen LogP contribution in [0.4, 0.5) is 0 Å². The fourth-order valence-corrected chi connectivity index (χ4v) is 3.64. The summed E-state index contributed by atoms with van der Waals surface area (Å²) in [6.45, 7) is 4.98. The van der Waals surface area contributed by atoms with E-state index in [9.17, 15) is 13.2 Å². The quantitative estimate of drug-likeness (QED) is 0.748. The van der Waals surface area contributed by atoms with Crippen molar-refractivity contribution < 1.29 is 22.4 Å². The monoisotopic (exact) mass is 304 g/mol. The van der Waals surface area contributed by atoms with E-state index in [-0.39, 0.29) is 28.5 Å². The highest BCUT2D eigenvalue weighted by Gasteiger charge is 2.32. The molecule has 0 amide bonds. The Hall–Kier alpha value is -1.38. The lowest BCUT2D eigenvalue weighted by Gasteiger charge is -2.15. The molecule has 114 valence electrons. The first kappa shape index (κ1) is 16.7. The molecule has 0 bridgehead atoms. The molecule has 0 radical (unpaired) electrons. The maximum absolute atomic E-state index is 12.4. The Morgan fingerprint density at radius 1 is 1.40 bits per heavy atom. The van der Waals surface area contributed by atoms with E-state index in [1.165, 1.54) is 21.0 Å². The van der Waals surface area contributed by atoms with E-state index in [1.54, 1.807) is 0 Å². The summed E-state index contributed by atoms with van der Waals surface area (Å²) in [5, 5.41) is 0. The number of hydrogen-bond donors (Lipinski definition) is 2. The number of ether oxygens (including phenoxy) is 1. The van der Waals surface area contributed by atoms with Crippen molar-refractivity contribution in [3.8, 4) is 0 Å². The second-order valence-electron chi connectivity index (χ2n) is 4.37. The van der Waals surface area contributed by atoms with Crippen LogP contribution in [0.1, 0.15) is 35.2 Å². The smallest absolute Gasteiger partial charge is 0.342 e. The number of hydrogen-bond acceptors (Lipinski definition) is 6. The van der Waals surface area contributed by atoms with Gasteiger partial charge in [-0.25, -0.2) is 17.9 Å². The van der Waals surface area contributed by atoms with Gasteiger partial charge in [0.25, 0.3) is 0 Å². The lowest BCUT2D eigenvalue weighted by Crippen LogP contribution is -2.40. The van der Waals surface area contributed by atoms with E-state index in [0.29, 0.717) is 6.42 Å². The first-order valence-electron chi connectivity index (χ1n) is 6.19. The Bertz CT molecular complexity index is 587. The van der Waals surface area contributed by atoms with Crippen LogP contribution in [0.15, 0.2) is 9.31 Å². The zero-order valence-corrected chi connectivity index (χ0v) is 12.8. The topological polar surface area (TPSA) is 112 Å². The first-order chi connectivity index (χ1) is 9.28. The highest BCUT2D eigenvalue weighted by molar-refractivity contribution is 7.89. The average Bonchev–Trinajstić information content (AvgIpc) is 2.70. The molecule has 1 aromatic heterocycles. The molecule has 0 saturated heterocycles. The lowest BCUT2D eigenvalue weighted by atomic mass is 10.2. The van der Waals surface area contributed by atoms with Crippen molar-refractivity contribution in [1.29, 1.82) is 0 Å². The van der Waals surface area contributed by atoms with Crippen LogP contribution < -0.4 is 10.5 Å². The van der Waals surface area contributed by atoms with Gasteiger partial charge in [-0.15, -0.1) is 0 Å². The molecule has 0 saturated carbocycles. The standard InChI is InChI=1S/C12H20N2O5S/c1-5-9(6-13)14-20(16,17)11-8(3)19-7(2)10(11)12(15)18-4/h9,14H,5-6,13H2,1-4H3. The number of rotatable bonds is 6. The first-order valence-corrected chi connectivity index (χ1v) is 7.67. The van der Waals surface area contributed by atoms with Crippen LogP contribution >= 0.6 is 0 Å². The zero-order valence-electron chi connectivity index (χ0n) is 12.0. The van der Waals surface area contributed by atoms with E-state index in [1.807, 2.05) is 6.92 Å². The van der Waals surface area contributed by atoms with Crippen LogP contribution in [0.3, 0.4) is 0 Å². The summed E-state index contributed by atoms with van der Waals surface area (Å²) in [5.74, 6) is -0.404. The predicted octanol–water partition coefficient (Wildman–Crippen LogP) is 0.699. The van der Waals surface area contributed by atoms with Gasteiger partial charge in [0, 0.05) is 12.6 Å².